The Morgan fingerprint density at radius 2 is 1.32 bits per heavy atom. The number of benzene rings is 3. The molecule has 7 amide bonds. The van der Waals surface area contributed by atoms with Gasteiger partial charge in [-0.3, -0.25) is 43.4 Å². The molecule has 4 atom stereocenters. The zero-order valence-electron chi connectivity index (χ0n) is 57.3. The van der Waals surface area contributed by atoms with Crippen LogP contribution in [0.25, 0.3) is 0 Å². The number of allylic oxidation sites excluding steroid dienone is 1. The number of aliphatic hydroxyl groups excluding tert-OH is 1. The van der Waals surface area contributed by atoms with Crippen LogP contribution in [-0.2, 0) is 78.4 Å². The van der Waals surface area contributed by atoms with Crippen molar-refractivity contribution in [1.82, 2.24) is 41.3 Å². The summed E-state index contributed by atoms with van der Waals surface area (Å²) in [6.07, 6.45) is 9.57. The van der Waals surface area contributed by atoms with Gasteiger partial charge in [0.25, 0.3) is 11.8 Å². The van der Waals surface area contributed by atoms with Crippen LogP contribution in [-0.4, -0.2) is 201 Å². The van der Waals surface area contributed by atoms with E-state index >= 15 is 0 Å². The van der Waals surface area contributed by atoms with Crippen molar-refractivity contribution in [2.45, 2.75) is 147 Å². The first kappa shape index (κ1) is 80.3. The van der Waals surface area contributed by atoms with Gasteiger partial charge in [-0.25, -0.2) is 4.79 Å². The number of hydrogen-bond acceptors (Lipinski definition) is 17. The van der Waals surface area contributed by atoms with Gasteiger partial charge in [0.15, 0.2) is 0 Å². The molecule has 2 aliphatic heterocycles. The van der Waals surface area contributed by atoms with Crippen molar-refractivity contribution in [2.75, 3.05) is 106 Å². The predicted molar refractivity (Wildman–Crippen MR) is 375 cm³/mol. The van der Waals surface area contributed by atoms with E-state index < -0.39 is 59.1 Å². The van der Waals surface area contributed by atoms with Crippen molar-refractivity contribution in [3.8, 4) is 5.75 Å². The van der Waals surface area contributed by atoms with E-state index in [1.165, 1.54) is 30.9 Å². The summed E-state index contributed by atoms with van der Waals surface area (Å²) >= 11 is 6.40. The number of carboxylic acid groups (broad SMARTS) is 1. The number of methoxy groups -OCH3 is 1. The van der Waals surface area contributed by atoms with Gasteiger partial charge in [-0.2, -0.15) is 0 Å². The Morgan fingerprint density at radius 1 is 0.719 bits per heavy atom. The number of halogens is 1. The molecule has 0 bridgehead atoms. The molecule has 530 valence electrons. The summed E-state index contributed by atoms with van der Waals surface area (Å²) in [5.41, 5.74) is 2.76. The summed E-state index contributed by atoms with van der Waals surface area (Å²) in [6, 6.07) is 19.5. The van der Waals surface area contributed by atoms with Crippen molar-refractivity contribution in [2.24, 2.45) is 17.3 Å². The quantitative estimate of drug-likeness (QED) is 0.0126. The van der Waals surface area contributed by atoms with E-state index in [9.17, 15) is 48.6 Å². The predicted octanol–water partition coefficient (Wildman–Crippen LogP) is 7.36. The molecule has 1 unspecified atom stereocenters. The topological polar surface area (TPSA) is 284 Å². The number of ether oxygens (including phenoxy) is 4. The molecule has 1 saturated heterocycles. The molecular weight excluding hydrogens is 1290 g/mol. The Hall–Kier alpha value is -6.35. The maximum Gasteiger partial charge on any atom is 0.326 e. The standard InChI is InChI=1S/C71H103ClN8O14S2/c1-50(2)43-58(68(88)89)77-69(90)70(4,5)49-75-67(87)57(45-54-23-24-60(91-8)56(72)44-54)76-63(83)18-12-9-15-51(3)59(81)46-52-19-21-53(22-20-52)48-79-35-33-78(34-36-79)32-28-71(6,7)96-95-61-17-11-10-16-55(61)47-64(84)74-30-14-38-93-40-42-94-41-39-92-37-13-29-73-62(82)27-31-80-65(85)25-26-66(80)86/h10-12,16-26,44,50-51,57-59,81H,9,13-15,27-43,45-49H2,1-8H3,(H,73,82)(H,74,84)(H,75,87)(H,76,83)(H,77,90)(H,88,89)/b18-12+/t51-,57?,58-,59-/m0/s1. The zero-order chi connectivity index (χ0) is 70.0. The fraction of sp³-hybridized carbons (Fsp3) is 0.577. The van der Waals surface area contributed by atoms with Gasteiger partial charge in [0.05, 0.1) is 56.5 Å². The SMILES string of the molecule is COc1ccc(CC(NC(=O)/C=C/CC[C@H](C)[C@@H](O)Cc2ccc(CN3CCN(CCC(C)(C)SSc4ccccc4CC(=O)NCCCOCCOCCOCCCNC(=O)CCN4C(=O)C=CC4=O)CC3)cc2)C(=O)NCC(C)(C)C(=O)N[C@@H](CC(C)C)C(=O)O)cc1Cl. The normalized spacial score (nSPS) is 15.2. The minimum atomic E-state index is -1.17. The molecule has 22 nitrogen and oxygen atoms in total. The van der Waals surface area contributed by atoms with Crippen molar-refractivity contribution in [1.29, 1.82) is 0 Å². The van der Waals surface area contributed by atoms with Gasteiger partial charge < -0.3 is 60.6 Å². The summed E-state index contributed by atoms with van der Waals surface area (Å²) in [5, 5.41) is 35.2. The van der Waals surface area contributed by atoms with Gasteiger partial charge in [-0.15, -0.1) is 0 Å². The number of aliphatic hydroxyl groups is 1. The molecule has 0 spiro atoms. The number of carboxylic acids is 1. The second-order valence-electron chi connectivity index (χ2n) is 26.1. The number of carbonyl (C=O) groups excluding carboxylic acids is 7. The minimum Gasteiger partial charge on any atom is -0.495 e. The lowest BCUT2D eigenvalue weighted by atomic mass is 9.91. The minimum absolute atomic E-state index is 0.00300. The summed E-state index contributed by atoms with van der Waals surface area (Å²) < 4.78 is 22.1. The van der Waals surface area contributed by atoms with E-state index in [1.54, 1.807) is 48.9 Å². The molecule has 2 heterocycles. The van der Waals surface area contributed by atoms with Crippen molar-refractivity contribution in [3.05, 3.63) is 118 Å². The third kappa shape index (κ3) is 30.6. The maximum absolute atomic E-state index is 13.7. The van der Waals surface area contributed by atoms with Gasteiger partial charge in [-0.1, -0.05) is 109 Å². The van der Waals surface area contributed by atoms with Gasteiger partial charge >= 0.3 is 5.97 Å². The summed E-state index contributed by atoms with van der Waals surface area (Å²) in [4.78, 5) is 107. The molecule has 3 aromatic carbocycles. The highest BCUT2D eigenvalue weighted by atomic mass is 35.5. The average molecular weight is 1390 g/mol. The number of carbonyl (C=O) groups is 8. The molecule has 0 radical (unpaired) electrons. The van der Waals surface area contributed by atoms with Crippen LogP contribution in [0.3, 0.4) is 0 Å². The first-order valence-electron chi connectivity index (χ1n) is 33.4. The van der Waals surface area contributed by atoms with Gasteiger partial charge in [0, 0.05) is 107 Å². The summed E-state index contributed by atoms with van der Waals surface area (Å²) in [5.74, 6) is -3.33. The first-order valence-corrected chi connectivity index (χ1v) is 35.9. The second-order valence-corrected chi connectivity index (χ2v) is 29.4. The fourth-order valence-electron chi connectivity index (χ4n) is 10.3. The average Bonchev–Trinajstić information content (AvgIpc) is 2.15. The van der Waals surface area contributed by atoms with Crippen LogP contribution in [0.4, 0.5) is 0 Å². The van der Waals surface area contributed by atoms with Crippen LogP contribution in [0.15, 0.2) is 95.9 Å². The molecule has 1 fully saturated rings. The number of amides is 7. The number of rotatable bonds is 46. The maximum atomic E-state index is 13.7. The largest absolute Gasteiger partial charge is 0.495 e. The van der Waals surface area contributed by atoms with E-state index in [2.05, 4.69) is 80.6 Å². The van der Waals surface area contributed by atoms with Crippen LogP contribution in [0.5, 0.6) is 5.75 Å². The molecule has 7 N–H and O–H groups in total. The number of aliphatic carboxylic acids is 1. The third-order valence-electron chi connectivity index (χ3n) is 16.5. The summed E-state index contributed by atoms with van der Waals surface area (Å²) in [7, 11) is 5.08. The smallest absolute Gasteiger partial charge is 0.326 e. The van der Waals surface area contributed by atoms with E-state index in [1.807, 2.05) is 49.8 Å². The van der Waals surface area contributed by atoms with E-state index in [0.717, 1.165) is 66.6 Å². The van der Waals surface area contributed by atoms with Crippen LogP contribution >= 0.6 is 33.2 Å². The highest BCUT2D eigenvalue weighted by molar-refractivity contribution is 8.77. The van der Waals surface area contributed by atoms with Gasteiger partial charge in [0.2, 0.25) is 29.5 Å². The number of hydrogen-bond donors (Lipinski definition) is 7. The van der Waals surface area contributed by atoms with Crippen LogP contribution in [0, 0.1) is 17.3 Å². The Balaban J connectivity index is 0.911. The lowest BCUT2D eigenvalue weighted by molar-refractivity contribution is -0.144. The number of piperazine rings is 1. The molecule has 0 aliphatic carbocycles. The number of nitrogens with zero attached hydrogens (tertiary/aromatic N) is 3. The van der Waals surface area contributed by atoms with E-state index in [4.69, 9.17) is 30.5 Å². The molecule has 0 saturated carbocycles. The first-order chi connectivity index (χ1) is 45.8. The zero-order valence-corrected chi connectivity index (χ0v) is 59.7. The van der Waals surface area contributed by atoms with Crippen molar-refractivity contribution < 1.29 is 67.5 Å². The monoisotopic (exact) mass is 1390 g/mol. The number of nitrogens with one attached hydrogen (secondary N) is 5. The molecule has 5 rings (SSSR count). The number of imide groups is 1. The summed E-state index contributed by atoms with van der Waals surface area (Å²) in [6.45, 7) is 22.8. The highest BCUT2D eigenvalue weighted by Crippen LogP contribution is 2.44. The molecule has 96 heavy (non-hydrogen) atoms. The highest BCUT2D eigenvalue weighted by Gasteiger charge is 2.34. The van der Waals surface area contributed by atoms with Crippen LogP contribution in [0.2, 0.25) is 5.02 Å². The van der Waals surface area contributed by atoms with Gasteiger partial charge in [0.1, 0.15) is 17.8 Å². The fourth-order valence-corrected chi connectivity index (χ4v) is 13.2. The second kappa shape index (κ2) is 42.5. The molecular formula is C71H103ClN8O14S2. The van der Waals surface area contributed by atoms with Crippen molar-refractivity contribution in [3.63, 3.8) is 0 Å². The molecule has 25 heteroatoms. The van der Waals surface area contributed by atoms with E-state index in [-0.39, 0.29) is 60.7 Å². The lowest BCUT2D eigenvalue weighted by Crippen LogP contribution is -2.53. The Labute approximate surface area is 580 Å². The van der Waals surface area contributed by atoms with Crippen LogP contribution in [0.1, 0.15) is 116 Å². The Kier molecular flexibility index (Phi) is 35.5. The van der Waals surface area contributed by atoms with Gasteiger partial charge in [-0.05, 0) is 138 Å². The van der Waals surface area contributed by atoms with Crippen molar-refractivity contribution >= 4 is 80.5 Å². The van der Waals surface area contributed by atoms with E-state index in [0.29, 0.717) is 108 Å². The third-order valence-corrected chi connectivity index (χ3v) is 20.2. The lowest BCUT2D eigenvalue weighted by Gasteiger charge is -2.36. The Morgan fingerprint density at radius 3 is 1.95 bits per heavy atom. The molecule has 2 aliphatic rings. The Bertz CT molecular complexity index is 3020. The molecule has 3 aromatic rings. The van der Waals surface area contributed by atoms with Crippen LogP contribution < -0.4 is 31.3 Å². The molecule has 0 aromatic heterocycles.